The molecule has 0 radical (unpaired) electrons. The Morgan fingerprint density at radius 2 is 2.12 bits per heavy atom. The summed E-state index contributed by atoms with van der Waals surface area (Å²) in [4.78, 5) is 11.4. The summed E-state index contributed by atoms with van der Waals surface area (Å²) in [5.74, 6) is -0.357. The quantitative estimate of drug-likeness (QED) is 0.802. The first-order chi connectivity index (χ1) is 8.13. The Morgan fingerprint density at radius 3 is 2.76 bits per heavy atom. The molecule has 1 amide bonds. The summed E-state index contributed by atoms with van der Waals surface area (Å²) < 4.78 is 28.5. The highest BCUT2D eigenvalue weighted by Crippen LogP contribution is 2.25. The van der Waals surface area contributed by atoms with Gasteiger partial charge in [0, 0.05) is 0 Å². The fraction of sp³-hybridized carbons (Fsp3) is 0.364. The summed E-state index contributed by atoms with van der Waals surface area (Å²) in [6.45, 7) is -0.273. The van der Waals surface area contributed by atoms with E-state index in [1.165, 1.54) is 12.1 Å². The van der Waals surface area contributed by atoms with Crippen molar-refractivity contribution in [1.82, 2.24) is 5.32 Å². The second-order valence-corrected chi connectivity index (χ2v) is 3.20. The molecule has 0 saturated carbocycles. The van der Waals surface area contributed by atoms with Crippen LogP contribution in [0, 0.1) is 0 Å². The normalized spacial score (nSPS) is 10.4. The molecule has 0 heterocycles. The van der Waals surface area contributed by atoms with Crippen LogP contribution in [-0.2, 0) is 4.79 Å². The maximum absolute atomic E-state index is 12.1. The van der Waals surface area contributed by atoms with Gasteiger partial charge in [0.05, 0.1) is 12.2 Å². The van der Waals surface area contributed by atoms with Gasteiger partial charge >= 0.3 is 6.61 Å². The van der Waals surface area contributed by atoms with Crippen LogP contribution in [0.5, 0.6) is 5.75 Å². The van der Waals surface area contributed by atoms with Crippen LogP contribution in [0.15, 0.2) is 24.3 Å². The molecule has 2 N–H and O–H groups in total. The highest BCUT2D eigenvalue weighted by Gasteiger charge is 2.10. The number of benzene rings is 1. The van der Waals surface area contributed by atoms with Crippen molar-refractivity contribution in [2.45, 2.75) is 13.5 Å². The van der Waals surface area contributed by atoms with Crippen LogP contribution < -0.4 is 15.4 Å². The number of carbonyl (C=O) groups is 1. The van der Waals surface area contributed by atoms with Crippen molar-refractivity contribution in [2.75, 3.05) is 18.4 Å². The van der Waals surface area contributed by atoms with Crippen molar-refractivity contribution >= 4 is 11.6 Å². The molecule has 0 aromatic heterocycles. The highest BCUT2D eigenvalue weighted by molar-refractivity contribution is 5.93. The van der Waals surface area contributed by atoms with E-state index in [9.17, 15) is 13.6 Å². The van der Waals surface area contributed by atoms with Crippen molar-refractivity contribution in [3.05, 3.63) is 24.3 Å². The molecule has 1 aromatic rings. The number of para-hydroxylation sites is 2. The molecule has 94 valence electrons. The molecule has 0 spiro atoms. The van der Waals surface area contributed by atoms with Crippen molar-refractivity contribution in [1.29, 1.82) is 0 Å². The number of amides is 1. The summed E-state index contributed by atoms with van der Waals surface area (Å²) in [5, 5.41) is 5.32. The smallest absolute Gasteiger partial charge is 0.387 e. The first-order valence-electron chi connectivity index (χ1n) is 5.18. The lowest BCUT2D eigenvalue weighted by molar-refractivity contribution is -0.115. The zero-order chi connectivity index (χ0) is 12.7. The fourth-order valence-corrected chi connectivity index (χ4v) is 1.20. The molecule has 1 rings (SSSR count). The molecular weight excluding hydrogens is 230 g/mol. The minimum atomic E-state index is -2.91. The Labute approximate surface area is 98.0 Å². The van der Waals surface area contributed by atoms with Crippen LogP contribution >= 0.6 is 0 Å². The lowest BCUT2D eigenvalue weighted by Gasteiger charge is -2.11. The van der Waals surface area contributed by atoms with Crippen LogP contribution in [0.2, 0.25) is 0 Å². The van der Waals surface area contributed by atoms with Crippen molar-refractivity contribution < 1.29 is 18.3 Å². The first-order valence-corrected chi connectivity index (χ1v) is 5.18. The van der Waals surface area contributed by atoms with Gasteiger partial charge in [-0.1, -0.05) is 19.1 Å². The van der Waals surface area contributed by atoms with Gasteiger partial charge in [-0.3, -0.25) is 4.79 Å². The molecule has 0 bridgehead atoms. The maximum atomic E-state index is 12.1. The third-order valence-corrected chi connectivity index (χ3v) is 1.91. The van der Waals surface area contributed by atoms with E-state index >= 15 is 0 Å². The second kappa shape index (κ2) is 6.80. The predicted octanol–water partition coefficient (Wildman–Crippen LogP) is 1.84. The lowest BCUT2D eigenvalue weighted by atomic mass is 10.3. The van der Waals surface area contributed by atoms with E-state index in [4.69, 9.17) is 0 Å². The molecule has 0 saturated heterocycles. The van der Waals surface area contributed by atoms with E-state index < -0.39 is 6.61 Å². The van der Waals surface area contributed by atoms with Gasteiger partial charge in [0.25, 0.3) is 0 Å². The maximum Gasteiger partial charge on any atom is 0.387 e. The number of carbonyl (C=O) groups excluding carboxylic acids is 1. The molecule has 4 nitrogen and oxygen atoms in total. The Morgan fingerprint density at radius 1 is 1.41 bits per heavy atom. The zero-order valence-electron chi connectivity index (χ0n) is 9.37. The topological polar surface area (TPSA) is 50.4 Å². The SMILES string of the molecule is CCNCC(=O)Nc1ccccc1OC(F)F. The number of likely N-dealkylation sites (N-methyl/N-ethyl adjacent to an activating group) is 1. The number of alkyl halides is 2. The number of halogens is 2. The molecule has 17 heavy (non-hydrogen) atoms. The van der Waals surface area contributed by atoms with E-state index in [2.05, 4.69) is 15.4 Å². The van der Waals surface area contributed by atoms with Gasteiger partial charge in [-0.25, -0.2) is 0 Å². The van der Waals surface area contributed by atoms with Crippen LogP contribution in [0.25, 0.3) is 0 Å². The average molecular weight is 244 g/mol. The molecule has 0 aliphatic rings. The second-order valence-electron chi connectivity index (χ2n) is 3.20. The average Bonchev–Trinajstić information content (AvgIpc) is 2.28. The van der Waals surface area contributed by atoms with E-state index in [0.29, 0.717) is 6.54 Å². The van der Waals surface area contributed by atoms with Gasteiger partial charge in [-0.2, -0.15) is 8.78 Å². The molecule has 0 unspecified atom stereocenters. The van der Waals surface area contributed by atoms with E-state index in [-0.39, 0.29) is 23.9 Å². The van der Waals surface area contributed by atoms with Gasteiger partial charge in [0.15, 0.2) is 0 Å². The number of nitrogens with one attached hydrogen (secondary N) is 2. The van der Waals surface area contributed by atoms with Gasteiger partial charge in [-0.05, 0) is 18.7 Å². The Kier molecular flexibility index (Phi) is 5.35. The largest absolute Gasteiger partial charge is 0.433 e. The molecule has 0 aliphatic carbocycles. The molecule has 0 atom stereocenters. The zero-order valence-corrected chi connectivity index (χ0v) is 9.37. The van der Waals surface area contributed by atoms with E-state index in [0.717, 1.165) is 0 Å². The first kappa shape index (κ1) is 13.4. The predicted molar refractivity (Wildman–Crippen MR) is 60.2 cm³/mol. The van der Waals surface area contributed by atoms with Gasteiger partial charge in [0.2, 0.25) is 5.91 Å². The summed E-state index contributed by atoms with van der Waals surface area (Å²) in [7, 11) is 0. The minimum Gasteiger partial charge on any atom is -0.433 e. The van der Waals surface area contributed by atoms with Crippen LogP contribution in [0.4, 0.5) is 14.5 Å². The van der Waals surface area contributed by atoms with Crippen LogP contribution in [-0.4, -0.2) is 25.6 Å². The highest BCUT2D eigenvalue weighted by atomic mass is 19.3. The van der Waals surface area contributed by atoms with E-state index in [1.807, 2.05) is 6.92 Å². The fourth-order valence-electron chi connectivity index (χ4n) is 1.20. The summed E-state index contributed by atoms with van der Waals surface area (Å²) in [6.07, 6.45) is 0. The molecule has 0 fully saturated rings. The Hall–Kier alpha value is -1.69. The summed E-state index contributed by atoms with van der Waals surface area (Å²) in [5.41, 5.74) is 0.232. The van der Waals surface area contributed by atoms with Gasteiger partial charge in [0.1, 0.15) is 5.75 Å². The van der Waals surface area contributed by atoms with Gasteiger partial charge in [-0.15, -0.1) is 0 Å². The third-order valence-electron chi connectivity index (χ3n) is 1.91. The van der Waals surface area contributed by atoms with Crippen molar-refractivity contribution in [2.24, 2.45) is 0 Å². The molecule has 6 heteroatoms. The number of hydrogen-bond acceptors (Lipinski definition) is 3. The van der Waals surface area contributed by atoms with Crippen LogP contribution in [0.1, 0.15) is 6.92 Å². The summed E-state index contributed by atoms with van der Waals surface area (Å²) in [6, 6.07) is 6.05. The number of ether oxygens (including phenoxy) is 1. The van der Waals surface area contributed by atoms with Crippen molar-refractivity contribution in [3.8, 4) is 5.75 Å². The molecular formula is C11H14F2N2O2. The van der Waals surface area contributed by atoms with E-state index in [1.54, 1.807) is 12.1 Å². The lowest BCUT2D eigenvalue weighted by Crippen LogP contribution is -2.28. The Balaban J connectivity index is 2.66. The Bertz CT molecular complexity index is 372. The third kappa shape index (κ3) is 4.78. The monoisotopic (exact) mass is 244 g/mol. The van der Waals surface area contributed by atoms with Crippen molar-refractivity contribution in [3.63, 3.8) is 0 Å². The standard InChI is InChI=1S/C11H14F2N2O2/c1-2-14-7-10(16)15-8-5-3-4-6-9(8)17-11(12)13/h3-6,11,14H,2,7H2,1H3,(H,15,16). The van der Waals surface area contributed by atoms with Crippen LogP contribution in [0.3, 0.4) is 0 Å². The minimum absolute atomic E-state index is 0.0488. The number of hydrogen-bond donors (Lipinski definition) is 2. The number of rotatable bonds is 6. The molecule has 0 aliphatic heterocycles. The van der Waals surface area contributed by atoms with Gasteiger partial charge < -0.3 is 15.4 Å². The molecule has 1 aromatic carbocycles. The summed E-state index contributed by atoms with van der Waals surface area (Å²) >= 11 is 0. The number of anilines is 1.